The highest BCUT2D eigenvalue weighted by atomic mass is 27.2. The Morgan fingerprint density at radius 3 is 2.86 bits per heavy atom. The van der Waals surface area contributed by atoms with Crippen molar-refractivity contribution in [2.24, 2.45) is 0 Å². The molecule has 1 nitrogen and oxygen atoms in total. The Morgan fingerprint density at radius 2 is 2.07 bits per heavy atom. The first-order chi connectivity index (χ1) is 6.77. The third-order valence-corrected chi connectivity index (χ3v) is 2.77. The molecule has 0 amide bonds. The van der Waals surface area contributed by atoms with Crippen molar-refractivity contribution in [3.05, 3.63) is 42.5 Å². The second-order valence-electron chi connectivity index (χ2n) is 3.57. The highest BCUT2D eigenvalue weighted by Crippen LogP contribution is 2.25. The smallest absolute Gasteiger partial charge is 0.540 e. The molecular weight excluding hydrogens is 187 g/mol. The maximum absolute atomic E-state index is 5.85. The second-order valence-corrected chi connectivity index (χ2v) is 5.90. The monoisotopic (exact) mass is 199 g/mol. The minimum atomic E-state index is -1.01. The predicted molar refractivity (Wildman–Crippen MR) is 60.9 cm³/mol. The molecule has 0 saturated heterocycles. The van der Waals surface area contributed by atoms with Crippen molar-refractivity contribution in [2.45, 2.75) is 11.6 Å². The van der Waals surface area contributed by atoms with Gasteiger partial charge in [-0.25, -0.2) is 0 Å². The SMILES string of the molecule is [CH3][Al]([CH3])[O]c1cccc2c[c]ccc12. The van der Waals surface area contributed by atoms with Crippen LogP contribution in [0.3, 0.4) is 0 Å². The fourth-order valence-electron chi connectivity index (χ4n) is 1.49. The summed E-state index contributed by atoms with van der Waals surface area (Å²) >= 11 is -1.01. The molecule has 14 heavy (non-hydrogen) atoms. The van der Waals surface area contributed by atoms with Gasteiger partial charge < -0.3 is 3.79 Å². The summed E-state index contributed by atoms with van der Waals surface area (Å²) in [6.07, 6.45) is 0. The fourth-order valence-corrected chi connectivity index (χ4v) is 2.20. The van der Waals surface area contributed by atoms with Crippen LogP contribution in [0.15, 0.2) is 36.4 Å². The molecule has 1 radical (unpaired) electrons. The molecule has 0 aliphatic carbocycles. The molecule has 2 rings (SSSR count). The molecule has 0 N–H and O–H groups in total. The van der Waals surface area contributed by atoms with Crippen molar-refractivity contribution in [3.63, 3.8) is 0 Å². The summed E-state index contributed by atoms with van der Waals surface area (Å²) in [6, 6.07) is 15.2. The molecule has 0 saturated carbocycles. The molecule has 0 unspecified atom stereocenters. The van der Waals surface area contributed by atoms with E-state index in [1.807, 2.05) is 24.3 Å². The van der Waals surface area contributed by atoms with Gasteiger partial charge in [0.05, 0.1) is 5.75 Å². The molecule has 69 valence electrons. The van der Waals surface area contributed by atoms with E-state index in [-0.39, 0.29) is 0 Å². The van der Waals surface area contributed by atoms with Crippen LogP contribution in [0.4, 0.5) is 0 Å². The Hall–Kier alpha value is -0.968. The van der Waals surface area contributed by atoms with E-state index in [0.29, 0.717) is 0 Å². The lowest BCUT2D eigenvalue weighted by atomic mass is 10.1. The van der Waals surface area contributed by atoms with Gasteiger partial charge in [0, 0.05) is 5.39 Å². The molecule has 0 aromatic heterocycles. The molecule has 0 aliphatic rings. The maximum atomic E-state index is 5.85. The van der Waals surface area contributed by atoms with Gasteiger partial charge in [0.2, 0.25) is 0 Å². The van der Waals surface area contributed by atoms with E-state index < -0.39 is 14.5 Å². The van der Waals surface area contributed by atoms with Crippen LogP contribution >= 0.6 is 0 Å². The van der Waals surface area contributed by atoms with Crippen molar-refractivity contribution < 1.29 is 3.79 Å². The Bertz CT molecular complexity index is 432. The number of benzene rings is 2. The van der Waals surface area contributed by atoms with Gasteiger partial charge in [-0.3, -0.25) is 0 Å². The summed E-state index contributed by atoms with van der Waals surface area (Å²) in [5.74, 6) is 5.36. The largest absolute Gasteiger partial charge is 0.642 e. The molecule has 2 aromatic carbocycles. The third-order valence-electron chi connectivity index (χ3n) is 2.05. The molecule has 0 heterocycles. The minimum Gasteiger partial charge on any atom is -0.642 e. The summed E-state index contributed by atoms with van der Waals surface area (Å²) in [6.45, 7) is 0. The summed E-state index contributed by atoms with van der Waals surface area (Å²) < 4.78 is 5.85. The van der Waals surface area contributed by atoms with Gasteiger partial charge >= 0.3 is 14.5 Å². The number of hydrogen-bond acceptors (Lipinski definition) is 1. The first-order valence-electron chi connectivity index (χ1n) is 4.83. The third kappa shape index (κ3) is 1.92. The normalized spacial score (nSPS) is 10.1. The zero-order valence-corrected chi connectivity index (χ0v) is 9.60. The van der Waals surface area contributed by atoms with E-state index in [2.05, 4.69) is 29.8 Å². The van der Waals surface area contributed by atoms with Crippen molar-refractivity contribution >= 4 is 25.3 Å². The zero-order chi connectivity index (χ0) is 9.97. The van der Waals surface area contributed by atoms with E-state index >= 15 is 0 Å². The van der Waals surface area contributed by atoms with Crippen LogP contribution < -0.4 is 3.79 Å². The van der Waals surface area contributed by atoms with Crippen molar-refractivity contribution in [3.8, 4) is 5.75 Å². The summed E-state index contributed by atoms with van der Waals surface area (Å²) in [4.78, 5) is 0. The Balaban J connectivity index is 2.53. The van der Waals surface area contributed by atoms with Crippen LogP contribution in [0.2, 0.25) is 11.6 Å². The average Bonchev–Trinajstić information content (AvgIpc) is 2.18. The van der Waals surface area contributed by atoms with Gasteiger partial charge in [-0.1, -0.05) is 35.8 Å². The standard InChI is InChI=1S/C10H7O.2CH3.Al/c11-10-7-3-5-8-4-1-2-6-9(8)10;;;/h2-7,11H;2*1H3;/q;;;+1/p-1. The lowest BCUT2D eigenvalue weighted by Gasteiger charge is -2.11. The van der Waals surface area contributed by atoms with Gasteiger partial charge in [0.15, 0.2) is 0 Å². The molecule has 0 aliphatic heterocycles. The van der Waals surface area contributed by atoms with E-state index in [4.69, 9.17) is 3.79 Å². The number of fused-ring (bicyclic) bond motifs is 1. The predicted octanol–water partition coefficient (Wildman–Crippen LogP) is 3.27. The first-order valence-corrected chi connectivity index (χ1v) is 7.61. The van der Waals surface area contributed by atoms with Crippen LogP contribution in [0, 0.1) is 6.07 Å². The lowest BCUT2D eigenvalue weighted by molar-refractivity contribution is 0.587. The van der Waals surface area contributed by atoms with E-state index in [9.17, 15) is 0 Å². The average molecular weight is 199 g/mol. The highest BCUT2D eigenvalue weighted by molar-refractivity contribution is 6.49. The van der Waals surface area contributed by atoms with Crippen molar-refractivity contribution in [1.29, 1.82) is 0 Å². The topological polar surface area (TPSA) is 9.23 Å². The summed E-state index contributed by atoms with van der Waals surface area (Å²) in [7, 11) is 0. The second kappa shape index (κ2) is 4.04. The summed E-state index contributed by atoms with van der Waals surface area (Å²) in [5.41, 5.74) is 0. The van der Waals surface area contributed by atoms with E-state index in [1.165, 1.54) is 10.8 Å². The molecule has 0 bridgehead atoms. The first kappa shape index (κ1) is 9.58. The maximum Gasteiger partial charge on any atom is 0.540 e. The molecule has 0 atom stereocenters. The highest BCUT2D eigenvalue weighted by Gasteiger charge is 2.08. The van der Waals surface area contributed by atoms with E-state index in [1.54, 1.807) is 0 Å². The van der Waals surface area contributed by atoms with Crippen LogP contribution in [0.5, 0.6) is 5.75 Å². The molecular formula is C12H12AlO. The van der Waals surface area contributed by atoms with Crippen LogP contribution in [-0.4, -0.2) is 14.5 Å². The van der Waals surface area contributed by atoms with Gasteiger partial charge in [0.1, 0.15) is 0 Å². The van der Waals surface area contributed by atoms with Crippen molar-refractivity contribution in [2.75, 3.05) is 0 Å². The van der Waals surface area contributed by atoms with Crippen LogP contribution in [0.1, 0.15) is 0 Å². The van der Waals surface area contributed by atoms with Crippen LogP contribution in [0.25, 0.3) is 10.8 Å². The quantitative estimate of drug-likeness (QED) is 0.674. The molecule has 2 heteroatoms. The van der Waals surface area contributed by atoms with E-state index in [0.717, 1.165) is 5.75 Å². The number of rotatable bonds is 2. The Labute approximate surface area is 89.0 Å². The number of hydrogen-bond donors (Lipinski definition) is 0. The summed E-state index contributed by atoms with van der Waals surface area (Å²) in [5, 5.41) is 2.38. The Morgan fingerprint density at radius 1 is 1.21 bits per heavy atom. The molecule has 2 aromatic rings. The van der Waals surface area contributed by atoms with Gasteiger partial charge in [-0.05, 0) is 23.6 Å². The molecule has 0 spiro atoms. The Kier molecular flexibility index (Phi) is 2.77. The van der Waals surface area contributed by atoms with Gasteiger partial charge in [0.25, 0.3) is 0 Å². The van der Waals surface area contributed by atoms with Crippen molar-refractivity contribution in [1.82, 2.24) is 0 Å². The zero-order valence-electron chi connectivity index (χ0n) is 8.45. The van der Waals surface area contributed by atoms with Gasteiger partial charge in [-0.15, -0.1) is 0 Å². The fraction of sp³-hybridized carbons (Fsp3) is 0.167. The minimum absolute atomic E-state index is 1.01. The van der Waals surface area contributed by atoms with Gasteiger partial charge in [-0.2, -0.15) is 0 Å². The lowest BCUT2D eigenvalue weighted by Crippen LogP contribution is -2.11. The van der Waals surface area contributed by atoms with Crippen LogP contribution in [-0.2, 0) is 0 Å². The molecule has 0 fully saturated rings.